The average molecular weight is 426 g/mol. The Balaban J connectivity index is 1.30. The summed E-state index contributed by atoms with van der Waals surface area (Å²) in [5.41, 5.74) is 1.19. The third-order valence-electron chi connectivity index (χ3n) is 8.36. The molecule has 3 saturated carbocycles. The van der Waals surface area contributed by atoms with Gasteiger partial charge in [-0.2, -0.15) is 0 Å². The number of benzene rings is 1. The Morgan fingerprint density at radius 1 is 1.26 bits per heavy atom. The maximum Gasteiger partial charge on any atom is 0.482 e. The van der Waals surface area contributed by atoms with Gasteiger partial charge in [-0.3, -0.25) is 4.79 Å². The van der Waals surface area contributed by atoms with Crippen LogP contribution in [0.15, 0.2) is 30.3 Å². The van der Waals surface area contributed by atoms with E-state index in [1.54, 1.807) is 0 Å². The van der Waals surface area contributed by atoms with Crippen molar-refractivity contribution < 1.29 is 18.8 Å². The number of amides is 1. The van der Waals surface area contributed by atoms with Gasteiger partial charge in [0.25, 0.3) is 0 Å². The van der Waals surface area contributed by atoms with Gasteiger partial charge in [-0.1, -0.05) is 44.2 Å². The monoisotopic (exact) mass is 426 g/mol. The second kappa shape index (κ2) is 8.18. The van der Waals surface area contributed by atoms with Crippen molar-refractivity contribution in [3.05, 3.63) is 35.9 Å². The van der Waals surface area contributed by atoms with Gasteiger partial charge in [-0.05, 0) is 49.0 Å². The van der Waals surface area contributed by atoms with Crippen LogP contribution in [0.4, 0.5) is 0 Å². The molecule has 168 valence electrons. The van der Waals surface area contributed by atoms with Gasteiger partial charge in [0.15, 0.2) is 0 Å². The molecule has 7 heteroatoms. The van der Waals surface area contributed by atoms with Gasteiger partial charge >= 0.3 is 7.12 Å². The molecule has 6 rings (SSSR count). The third-order valence-corrected chi connectivity index (χ3v) is 8.36. The van der Waals surface area contributed by atoms with E-state index in [1.807, 2.05) is 18.2 Å². The lowest BCUT2D eigenvalue weighted by atomic mass is 9.43. The highest BCUT2D eigenvalue weighted by molar-refractivity contribution is 6.48. The molecule has 1 amide bonds. The summed E-state index contributed by atoms with van der Waals surface area (Å²) in [6.45, 7) is 9.17. The summed E-state index contributed by atoms with van der Waals surface area (Å²) < 4.78 is 18.9. The molecule has 5 aliphatic rings. The minimum Gasteiger partial charge on any atom is -0.404 e. The molecular weight excluding hydrogens is 391 g/mol. The second-order valence-electron chi connectivity index (χ2n) is 10.6. The zero-order valence-electron chi connectivity index (χ0n) is 18.9. The van der Waals surface area contributed by atoms with Gasteiger partial charge in [-0.15, -0.1) is 0 Å². The highest BCUT2D eigenvalue weighted by atomic mass is 16.7. The third kappa shape index (κ3) is 3.95. The van der Waals surface area contributed by atoms with Gasteiger partial charge in [0.2, 0.25) is 5.91 Å². The Bertz CT molecular complexity index is 800. The Labute approximate surface area is 185 Å². The Kier molecular flexibility index (Phi) is 5.66. The van der Waals surface area contributed by atoms with Crippen LogP contribution in [-0.4, -0.2) is 56.5 Å². The van der Waals surface area contributed by atoms with Crippen molar-refractivity contribution >= 4 is 13.0 Å². The number of morpholine rings is 1. The van der Waals surface area contributed by atoms with Crippen LogP contribution >= 0.6 is 0 Å². The first-order chi connectivity index (χ1) is 14.9. The first-order valence-corrected chi connectivity index (χ1v) is 11.8. The predicted molar refractivity (Wildman–Crippen MR) is 119 cm³/mol. The molecule has 2 aliphatic heterocycles. The highest BCUT2D eigenvalue weighted by Gasteiger charge is 2.68. The van der Waals surface area contributed by atoms with Crippen LogP contribution in [0.1, 0.15) is 45.6 Å². The standard InChI is InChI=1S/C24H35BN2O4/c1-23(2)17-12-19(23)24(3)20(13-17)30-25(31-24)21(11-16-7-5-4-6-8-16)27-22(28)14-18-15-26-9-10-29-18/h4-8,17-21,26H,9-15H2,1-3H3,(H,27,28)/t17-,18-,19-,20+,21-,24-/m0/s1. The quantitative estimate of drug-likeness (QED) is 0.684. The van der Waals surface area contributed by atoms with E-state index in [-0.39, 0.29) is 29.7 Å². The lowest BCUT2D eigenvalue weighted by Crippen LogP contribution is -2.65. The minimum absolute atomic E-state index is 0.00788. The topological polar surface area (TPSA) is 68.8 Å². The smallest absolute Gasteiger partial charge is 0.404 e. The van der Waals surface area contributed by atoms with Crippen LogP contribution in [0.3, 0.4) is 0 Å². The molecule has 0 unspecified atom stereocenters. The molecule has 5 fully saturated rings. The zero-order valence-corrected chi connectivity index (χ0v) is 18.9. The molecule has 1 aromatic carbocycles. The number of carbonyl (C=O) groups is 1. The van der Waals surface area contributed by atoms with Crippen molar-refractivity contribution in [3.8, 4) is 0 Å². The van der Waals surface area contributed by atoms with E-state index in [2.05, 4.69) is 43.5 Å². The molecule has 3 aliphatic carbocycles. The van der Waals surface area contributed by atoms with Crippen LogP contribution in [0.5, 0.6) is 0 Å². The Hall–Kier alpha value is -1.41. The maximum absolute atomic E-state index is 12.9. The molecular formula is C24H35BN2O4. The summed E-state index contributed by atoms with van der Waals surface area (Å²) in [6.07, 6.45) is 3.33. The van der Waals surface area contributed by atoms with E-state index in [1.165, 1.54) is 12.0 Å². The van der Waals surface area contributed by atoms with Crippen LogP contribution in [0.2, 0.25) is 0 Å². The van der Waals surface area contributed by atoms with Crippen LogP contribution < -0.4 is 10.6 Å². The molecule has 31 heavy (non-hydrogen) atoms. The average Bonchev–Trinajstić information content (AvgIpc) is 3.12. The summed E-state index contributed by atoms with van der Waals surface area (Å²) in [5, 5.41) is 6.52. The molecule has 0 spiro atoms. The summed E-state index contributed by atoms with van der Waals surface area (Å²) in [7, 11) is -0.431. The molecule has 2 saturated heterocycles. The van der Waals surface area contributed by atoms with Crippen molar-refractivity contribution in [2.75, 3.05) is 19.7 Å². The van der Waals surface area contributed by atoms with E-state index < -0.39 is 7.12 Å². The van der Waals surface area contributed by atoms with Crippen molar-refractivity contribution in [3.63, 3.8) is 0 Å². The van der Waals surface area contributed by atoms with Crippen molar-refractivity contribution in [2.24, 2.45) is 17.3 Å². The largest absolute Gasteiger partial charge is 0.482 e. The zero-order chi connectivity index (χ0) is 21.6. The van der Waals surface area contributed by atoms with Gasteiger partial charge in [0.05, 0.1) is 36.8 Å². The van der Waals surface area contributed by atoms with Crippen LogP contribution in [-0.2, 0) is 25.3 Å². The first-order valence-electron chi connectivity index (χ1n) is 11.8. The normalized spacial score (nSPS) is 36.9. The van der Waals surface area contributed by atoms with Crippen molar-refractivity contribution in [2.45, 2.75) is 70.2 Å². The van der Waals surface area contributed by atoms with Gasteiger partial charge in [0, 0.05) is 13.1 Å². The molecule has 2 bridgehead atoms. The number of carbonyl (C=O) groups excluding carboxylic acids is 1. The fourth-order valence-corrected chi connectivity index (χ4v) is 6.38. The fraction of sp³-hybridized carbons (Fsp3) is 0.708. The number of hydrogen-bond acceptors (Lipinski definition) is 5. The molecule has 0 radical (unpaired) electrons. The first kappa shape index (κ1) is 21.4. The molecule has 1 aromatic rings. The maximum atomic E-state index is 12.9. The van der Waals surface area contributed by atoms with E-state index in [4.69, 9.17) is 14.0 Å². The molecule has 6 nitrogen and oxygen atoms in total. The highest BCUT2D eigenvalue weighted by Crippen LogP contribution is 2.65. The predicted octanol–water partition coefficient (Wildman–Crippen LogP) is 2.36. The van der Waals surface area contributed by atoms with Crippen LogP contribution in [0, 0.1) is 17.3 Å². The van der Waals surface area contributed by atoms with E-state index in [0.717, 1.165) is 13.0 Å². The fourth-order valence-electron chi connectivity index (χ4n) is 6.38. The summed E-state index contributed by atoms with van der Waals surface area (Å²) in [6, 6.07) is 10.3. The number of nitrogens with one attached hydrogen (secondary N) is 2. The Morgan fingerprint density at radius 3 is 2.77 bits per heavy atom. The van der Waals surface area contributed by atoms with Crippen molar-refractivity contribution in [1.82, 2.24) is 10.6 Å². The van der Waals surface area contributed by atoms with Crippen LogP contribution in [0.25, 0.3) is 0 Å². The molecule has 2 N–H and O–H groups in total. The minimum atomic E-state index is -0.431. The molecule has 2 heterocycles. The molecule has 6 atom stereocenters. The van der Waals surface area contributed by atoms with E-state index in [0.29, 0.717) is 43.2 Å². The van der Waals surface area contributed by atoms with E-state index in [9.17, 15) is 4.79 Å². The number of rotatable bonds is 6. The Morgan fingerprint density at radius 2 is 2.06 bits per heavy atom. The second-order valence-corrected chi connectivity index (χ2v) is 10.6. The van der Waals surface area contributed by atoms with E-state index >= 15 is 0 Å². The van der Waals surface area contributed by atoms with Gasteiger partial charge in [-0.25, -0.2) is 0 Å². The lowest BCUT2D eigenvalue weighted by molar-refractivity contribution is -0.199. The van der Waals surface area contributed by atoms with Gasteiger partial charge < -0.3 is 24.7 Å². The number of hydrogen-bond donors (Lipinski definition) is 2. The molecule has 0 aromatic heterocycles. The van der Waals surface area contributed by atoms with Crippen molar-refractivity contribution in [1.29, 1.82) is 0 Å². The summed E-state index contributed by atoms with van der Waals surface area (Å²) in [4.78, 5) is 12.9. The lowest BCUT2D eigenvalue weighted by Gasteiger charge is -2.64. The SMILES string of the molecule is CC1(C)[C@@H]2C[C@H]3OB([C@H](Cc4ccccc4)NC(=O)C[C@H]4CNCCO4)O[C@@]3(C)[C@H]1C2. The number of ether oxygens (including phenoxy) is 1. The summed E-state index contributed by atoms with van der Waals surface area (Å²) >= 11 is 0. The van der Waals surface area contributed by atoms with Gasteiger partial charge in [0.1, 0.15) is 0 Å². The summed E-state index contributed by atoms with van der Waals surface area (Å²) in [5.74, 6) is 0.972.